The normalized spacial score (nSPS) is 25.6. The molecular weight excluding hydrogens is 300 g/mol. The predicted molar refractivity (Wildman–Crippen MR) is 72.8 cm³/mol. The molecule has 1 spiro atoms. The molecule has 100 valence electrons. The molecule has 1 atom stereocenters. The molecule has 2 heterocycles. The van der Waals surface area contributed by atoms with E-state index in [1.807, 2.05) is 0 Å². The largest absolute Gasteiger partial charge is 0.363 e. The summed E-state index contributed by atoms with van der Waals surface area (Å²) in [5, 5.41) is 0.440. The van der Waals surface area contributed by atoms with E-state index in [0.717, 1.165) is 0 Å². The Morgan fingerprint density at radius 2 is 1.50 bits per heavy atom. The molecule has 0 N–H and O–H groups in total. The summed E-state index contributed by atoms with van der Waals surface area (Å²) in [7, 11) is -2.52. The Bertz CT molecular complexity index is 788. The van der Waals surface area contributed by atoms with Gasteiger partial charge in [0.25, 0.3) is 0 Å². The van der Waals surface area contributed by atoms with Gasteiger partial charge < -0.3 is 8.37 Å². The van der Waals surface area contributed by atoms with E-state index in [1.54, 1.807) is 36.4 Å². The molecule has 2 aliphatic heterocycles. The third-order valence-electron chi connectivity index (χ3n) is 3.23. The first-order chi connectivity index (χ1) is 9.62. The summed E-state index contributed by atoms with van der Waals surface area (Å²) in [4.78, 5) is 25.2. The van der Waals surface area contributed by atoms with Crippen LogP contribution < -0.4 is 0 Å². The minimum Gasteiger partial charge on any atom is -0.330 e. The van der Waals surface area contributed by atoms with Crippen LogP contribution in [0.5, 0.6) is 0 Å². The molecule has 20 heavy (non-hydrogen) atoms. The summed E-state index contributed by atoms with van der Waals surface area (Å²) < 4.78 is 11.0. The molecule has 6 heteroatoms. The standard InChI is InChI=1S/C14H7ClO4S/c15-8-5-6-12-10(7-8)14(17)19-20(12)11-4-2-1-3-9(11)13(16)18-20/h1-7H. The quantitative estimate of drug-likeness (QED) is 0.744. The van der Waals surface area contributed by atoms with Crippen LogP contribution in [0.2, 0.25) is 5.02 Å². The van der Waals surface area contributed by atoms with Crippen molar-refractivity contribution < 1.29 is 18.0 Å². The number of fused-ring (bicyclic) bond motifs is 4. The topological polar surface area (TPSA) is 52.6 Å². The van der Waals surface area contributed by atoms with Gasteiger partial charge in [0.05, 0.1) is 11.1 Å². The van der Waals surface area contributed by atoms with Gasteiger partial charge in [-0.05, 0) is 30.3 Å². The molecule has 4 nitrogen and oxygen atoms in total. The van der Waals surface area contributed by atoms with Gasteiger partial charge in [-0.1, -0.05) is 34.3 Å². The van der Waals surface area contributed by atoms with Crippen LogP contribution in [0.15, 0.2) is 52.3 Å². The van der Waals surface area contributed by atoms with Gasteiger partial charge >= 0.3 is 11.9 Å². The van der Waals surface area contributed by atoms with Crippen LogP contribution in [0, 0.1) is 0 Å². The van der Waals surface area contributed by atoms with Crippen molar-refractivity contribution in [1.82, 2.24) is 0 Å². The van der Waals surface area contributed by atoms with Gasteiger partial charge in [0.2, 0.25) is 0 Å². The first-order valence-electron chi connectivity index (χ1n) is 5.81. The maximum absolute atomic E-state index is 12.0. The lowest BCUT2D eigenvalue weighted by molar-refractivity contribution is 0.0711. The summed E-state index contributed by atoms with van der Waals surface area (Å²) in [5.74, 6) is -0.979. The third kappa shape index (κ3) is 1.34. The monoisotopic (exact) mass is 306 g/mol. The maximum Gasteiger partial charge on any atom is 0.363 e. The Morgan fingerprint density at radius 3 is 2.30 bits per heavy atom. The number of hydrogen-bond acceptors (Lipinski definition) is 4. The summed E-state index contributed by atoms with van der Waals surface area (Å²) in [6, 6.07) is 11.8. The molecule has 0 aromatic heterocycles. The van der Waals surface area contributed by atoms with E-state index in [1.165, 1.54) is 6.07 Å². The van der Waals surface area contributed by atoms with Gasteiger partial charge in [0.1, 0.15) is 9.79 Å². The van der Waals surface area contributed by atoms with Gasteiger partial charge in [-0.25, -0.2) is 9.59 Å². The fraction of sp³-hybridized carbons (Fsp3) is 0. The molecule has 0 saturated heterocycles. The van der Waals surface area contributed by atoms with Crippen molar-refractivity contribution in [2.75, 3.05) is 0 Å². The second-order valence-corrected chi connectivity index (χ2v) is 7.04. The molecule has 4 rings (SSSR count). The van der Waals surface area contributed by atoms with Crippen molar-refractivity contribution in [1.29, 1.82) is 0 Å². The number of carbonyl (C=O) groups is 2. The summed E-state index contributed by atoms with van der Waals surface area (Å²) >= 11 is 5.91. The van der Waals surface area contributed by atoms with Crippen molar-refractivity contribution in [3.05, 3.63) is 58.6 Å². The number of hydrogen-bond donors (Lipinski definition) is 0. The number of benzene rings is 2. The molecule has 1 unspecified atom stereocenters. The smallest absolute Gasteiger partial charge is 0.330 e. The molecule has 0 saturated carbocycles. The Morgan fingerprint density at radius 1 is 0.850 bits per heavy atom. The van der Waals surface area contributed by atoms with Crippen molar-refractivity contribution in [3.8, 4) is 0 Å². The average molecular weight is 307 g/mol. The van der Waals surface area contributed by atoms with E-state index in [-0.39, 0.29) is 0 Å². The number of halogens is 1. The molecule has 0 fully saturated rings. The lowest BCUT2D eigenvalue weighted by atomic mass is 10.2. The van der Waals surface area contributed by atoms with E-state index >= 15 is 0 Å². The third-order valence-corrected chi connectivity index (χ3v) is 6.11. The highest BCUT2D eigenvalue weighted by Crippen LogP contribution is 2.72. The van der Waals surface area contributed by atoms with Crippen LogP contribution in [-0.4, -0.2) is 11.9 Å². The Balaban J connectivity index is 2.03. The summed E-state index contributed by atoms with van der Waals surface area (Å²) in [6.45, 7) is 0. The van der Waals surface area contributed by atoms with Crippen molar-refractivity contribution in [2.24, 2.45) is 0 Å². The lowest BCUT2D eigenvalue weighted by Gasteiger charge is -2.32. The highest BCUT2D eigenvalue weighted by molar-refractivity contribution is 8.27. The van der Waals surface area contributed by atoms with Crippen molar-refractivity contribution in [2.45, 2.75) is 9.79 Å². The van der Waals surface area contributed by atoms with Crippen molar-refractivity contribution in [3.63, 3.8) is 0 Å². The fourth-order valence-corrected chi connectivity index (χ4v) is 5.17. The second-order valence-electron chi connectivity index (χ2n) is 4.38. The second kappa shape index (κ2) is 3.77. The molecule has 0 amide bonds. The van der Waals surface area contributed by atoms with E-state index in [2.05, 4.69) is 0 Å². The van der Waals surface area contributed by atoms with E-state index in [9.17, 15) is 9.59 Å². The van der Waals surface area contributed by atoms with Crippen LogP contribution in [-0.2, 0) is 8.37 Å². The van der Waals surface area contributed by atoms with Crippen LogP contribution in [0.25, 0.3) is 0 Å². The average Bonchev–Trinajstić information content (AvgIpc) is 2.87. The molecule has 0 bridgehead atoms. The molecule has 2 aliphatic rings. The Labute approximate surface area is 121 Å². The van der Waals surface area contributed by atoms with Crippen LogP contribution in [0.4, 0.5) is 0 Å². The number of rotatable bonds is 0. The Kier molecular flexibility index (Phi) is 2.23. The van der Waals surface area contributed by atoms with E-state index in [0.29, 0.717) is 25.9 Å². The summed E-state index contributed by atoms with van der Waals surface area (Å²) in [6.07, 6.45) is 0. The van der Waals surface area contributed by atoms with Crippen LogP contribution >= 0.6 is 22.2 Å². The fourth-order valence-electron chi connectivity index (χ4n) is 2.38. The zero-order valence-corrected chi connectivity index (χ0v) is 11.5. The number of carbonyl (C=O) groups excluding carboxylic acids is 2. The van der Waals surface area contributed by atoms with E-state index < -0.39 is 22.5 Å². The predicted octanol–water partition coefficient (Wildman–Crippen LogP) is 3.73. The molecule has 2 aromatic carbocycles. The molecule has 0 radical (unpaired) electrons. The zero-order chi connectivity index (χ0) is 13.9. The van der Waals surface area contributed by atoms with Gasteiger partial charge in [-0.15, -0.1) is 0 Å². The van der Waals surface area contributed by atoms with Gasteiger partial charge in [0.15, 0.2) is 0 Å². The highest BCUT2D eigenvalue weighted by atomic mass is 35.5. The van der Waals surface area contributed by atoms with E-state index in [4.69, 9.17) is 20.0 Å². The van der Waals surface area contributed by atoms with Gasteiger partial charge in [-0.2, -0.15) is 0 Å². The summed E-state index contributed by atoms with van der Waals surface area (Å²) in [5.41, 5.74) is 0.801. The first-order valence-corrected chi connectivity index (χ1v) is 7.67. The minimum absolute atomic E-state index is 0.358. The SMILES string of the molecule is O=C1OS2(OC(=O)c3cc(Cl)ccc32)c2ccccc21. The van der Waals surface area contributed by atoms with Crippen molar-refractivity contribution >= 4 is 34.1 Å². The zero-order valence-electron chi connectivity index (χ0n) is 9.96. The van der Waals surface area contributed by atoms with Crippen LogP contribution in [0.3, 0.4) is 0 Å². The van der Waals surface area contributed by atoms with Crippen LogP contribution in [0.1, 0.15) is 20.7 Å². The molecular formula is C14H7ClO4S. The minimum atomic E-state index is -2.52. The van der Waals surface area contributed by atoms with Gasteiger partial charge in [0, 0.05) is 5.02 Å². The maximum atomic E-state index is 12.0. The molecule has 2 aromatic rings. The first kappa shape index (κ1) is 11.8. The molecule has 0 aliphatic carbocycles. The lowest BCUT2D eigenvalue weighted by Crippen LogP contribution is -2.02. The highest BCUT2D eigenvalue weighted by Gasteiger charge is 2.49. The van der Waals surface area contributed by atoms with Gasteiger partial charge in [-0.3, -0.25) is 0 Å². The Hall–Kier alpha value is -1.98.